The van der Waals surface area contributed by atoms with Crippen LogP contribution in [0.5, 0.6) is 5.75 Å². The molecule has 5 heteroatoms. The Kier molecular flexibility index (Phi) is 6.99. The maximum Gasteiger partial charge on any atom is 0.233 e. The van der Waals surface area contributed by atoms with Gasteiger partial charge in [0, 0.05) is 25.2 Å². The number of hydrogen-bond acceptors (Lipinski definition) is 4. The molecule has 24 heavy (non-hydrogen) atoms. The van der Waals surface area contributed by atoms with Crippen molar-refractivity contribution in [1.82, 2.24) is 9.80 Å². The second-order valence-corrected chi connectivity index (χ2v) is 7.75. The molecule has 0 spiro atoms. The topological polar surface area (TPSA) is 32.8 Å². The molecule has 1 heterocycles. The van der Waals surface area contributed by atoms with Crippen molar-refractivity contribution in [2.45, 2.75) is 52.1 Å². The van der Waals surface area contributed by atoms with Crippen molar-refractivity contribution < 1.29 is 9.53 Å². The Labute approximate surface area is 150 Å². The van der Waals surface area contributed by atoms with Crippen molar-refractivity contribution in [3.05, 3.63) is 29.8 Å². The highest BCUT2D eigenvalue weighted by atomic mass is 32.2. The van der Waals surface area contributed by atoms with Crippen molar-refractivity contribution in [3.8, 4) is 5.75 Å². The average molecular weight is 351 g/mol. The van der Waals surface area contributed by atoms with Gasteiger partial charge in [-0.2, -0.15) is 0 Å². The standard InChI is InChI=1S/C19H30N2O2S/c1-6-23-17-9-7-16(8-10-17)19-21(18(22)13-24-19)12-11-20(14(2)3)15(4)5/h7-10,14-15,19H,6,11-13H2,1-5H3. The summed E-state index contributed by atoms with van der Waals surface area (Å²) in [5, 5.41) is 0.120. The molecular formula is C19H30N2O2S. The zero-order valence-electron chi connectivity index (χ0n) is 15.5. The van der Waals surface area contributed by atoms with E-state index in [0.717, 1.165) is 18.8 Å². The van der Waals surface area contributed by atoms with Gasteiger partial charge >= 0.3 is 0 Å². The van der Waals surface area contributed by atoms with E-state index in [1.807, 2.05) is 24.0 Å². The summed E-state index contributed by atoms with van der Waals surface area (Å²) in [6.45, 7) is 13.2. The number of amides is 1. The van der Waals surface area contributed by atoms with E-state index in [1.165, 1.54) is 5.56 Å². The van der Waals surface area contributed by atoms with E-state index in [0.29, 0.717) is 24.4 Å². The number of rotatable bonds is 8. The summed E-state index contributed by atoms with van der Waals surface area (Å²) in [5.41, 5.74) is 1.18. The van der Waals surface area contributed by atoms with Crippen LogP contribution in [0.1, 0.15) is 45.6 Å². The van der Waals surface area contributed by atoms with Gasteiger partial charge in [-0.25, -0.2) is 0 Å². The molecule has 0 aliphatic carbocycles. The summed E-state index contributed by atoms with van der Waals surface area (Å²) in [5.74, 6) is 1.69. The van der Waals surface area contributed by atoms with Gasteiger partial charge in [-0.05, 0) is 52.3 Å². The fraction of sp³-hybridized carbons (Fsp3) is 0.632. The van der Waals surface area contributed by atoms with E-state index >= 15 is 0 Å². The summed E-state index contributed by atoms with van der Waals surface area (Å²) in [4.78, 5) is 16.8. The zero-order chi connectivity index (χ0) is 17.7. The number of carbonyl (C=O) groups excluding carboxylic acids is 1. The van der Waals surface area contributed by atoms with Crippen LogP contribution < -0.4 is 4.74 Å². The minimum atomic E-state index is 0.120. The van der Waals surface area contributed by atoms with Crippen LogP contribution in [0.4, 0.5) is 0 Å². The van der Waals surface area contributed by atoms with Crippen LogP contribution in [0.15, 0.2) is 24.3 Å². The van der Waals surface area contributed by atoms with Crippen LogP contribution >= 0.6 is 11.8 Å². The molecule has 0 bridgehead atoms. The van der Waals surface area contributed by atoms with Gasteiger partial charge in [0.05, 0.1) is 12.4 Å². The van der Waals surface area contributed by atoms with Gasteiger partial charge < -0.3 is 9.64 Å². The third-order valence-corrected chi connectivity index (χ3v) is 5.63. The summed E-state index contributed by atoms with van der Waals surface area (Å²) in [6, 6.07) is 9.12. The van der Waals surface area contributed by atoms with Crippen LogP contribution in [0.25, 0.3) is 0 Å². The molecule has 0 aromatic heterocycles. The number of benzene rings is 1. The third-order valence-electron chi connectivity index (χ3n) is 4.37. The lowest BCUT2D eigenvalue weighted by molar-refractivity contribution is -0.128. The molecule has 1 atom stereocenters. The van der Waals surface area contributed by atoms with Gasteiger partial charge in [-0.1, -0.05) is 12.1 Å². The molecule has 1 unspecified atom stereocenters. The second-order valence-electron chi connectivity index (χ2n) is 6.68. The van der Waals surface area contributed by atoms with E-state index < -0.39 is 0 Å². The second kappa shape index (κ2) is 8.77. The van der Waals surface area contributed by atoms with Gasteiger partial charge in [0.2, 0.25) is 5.91 Å². The molecule has 0 radical (unpaired) electrons. The Balaban J connectivity index is 2.05. The number of hydrogen-bond donors (Lipinski definition) is 0. The van der Waals surface area contributed by atoms with E-state index in [2.05, 4.69) is 44.7 Å². The molecule has 1 aliphatic rings. The Morgan fingerprint density at radius 2 is 1.83 bits per heavy atom. The molecule has 1 aliphatic heterocycles. The van der Waals surface area contributed by atoms with Crippen LogP contribution in [0.2, 0.25) is 0 Å². The fourth-order valence-electron chi connectivity index (χ4n) is 3.20. The Hall–Kier alpha value is -1.20. The van der Waals surface area contributed by atoms with E-state index in [4.69, 9.17) is 4.74 Å². The molecule has 1 saturated heterocycles. The van der Waals surface area contributed by atoms with Gasteiger partial charge in [0.15, 0.2) is 0 Å². The molecule has 0 N–H and O–H groups in total. The summed E-state index contributed by atoms with van der Waals surface area (Å²) >= 11 is 1.72. The summed E-state index contributed by atoms with van der Waals surface area (Å²) < 4.78 is 5.51. The first-order valence-electron chi connectivity index (χ1n) is 8.83. The number of thioether (sulfide) groups is 1. The molecular weight excluding hydrogens is 320 g/mol. The van der Waals surface area contributed by atoms with Crippen molar-refractivity contribution in [3.63, 3.8) is 0 Å². The SMILES string of the molecule is CCOc1ccc(C2SCC(=O)N2CCN(C(C)C)C(C)C)cc1. The van der Waals surface area contributed by atoms with Gasteiger partial charge in [-0.15, -0.1) is 11.8 Å². The number of carbonyl (C=O) groups is 1. The van der Waals surface area contributed by atoms with Gasteiger partial charge in [-0.3, -0.25) is 9.69 Å². The Morgan fingerprint density at radius 3 is 2.38 bits per heavy atom. The highest BCUT2D eigenvalue weighted by molar-refractivity contribution is 8.00. The number of nitrogens with zero attached hydrogens (tertiary/aromatic N) is 2. The Morgan fingerprint density at radius 1 is 1.21 bits per heavy atom. The van der Waals surface area contributed by atoms with Gasteiger partial charge in [0.25, 0.3) is 0 Å². The predicted molar refractivity (Wildman–Crippen MR) is 102 cm³/mol. The summed E-state index contributed by atoms with van der Waals surface area (Å²) in [6.07, 6.45) is 0. The summed E-state index contributed by atoms with van der Waals surface area (Å²) in [7, 11) is 0. The third kappa shape index (κ3) is 4.67. The first-order valence-corrected chi connectivity index (χ1v) is 9.88. The molecule has 1 aromatic carbocycles. The van der Waals surface area contributed by atoms with Crippen molar-refractivity contribution in [1.29, 1.82) is 0 Å². The lowest BCUT2D eigenvalue weighted by atomic mass is 10.2. The maximum absolute atomic E-state index is 12.3. The first kappa shape index (κ1) is 19.1. The quantitative estimate of drug-likeness (QED) is 0.714. The minimum Gasteiger partial charge on any atom is -0.494 e. The van der Waals surface area contributed by atoms with E-state index in [9.17, 15) is 4.79 Å². The monoisotopic (exact) mass is 350 g/mol. The van der Waals surface area contributed by atoms with Crippen LogP contribution in [0.3, 0.4) is 0 Å². The van der Waals surface area contributed by atoms with Crippen molar-refractivity contribution in [2.75, 3.05) is 25.4 Å². The fourth-order valence-corrected chi connectivity index (χ4v) is 4.42. The van der Waals surface area contributed by atoms with E-state index in [1.54, 1.807) is 11.8 Å². The number of ether oxygens (including phenoxy) is 1. The maximum atomic E-state index is 12.3. The molecule has 2 rings (SSSR count). The largest absolute Gasteiger partial charge is 0.494 e. The van der Waals surface area contributed by atoms with Crippen LogP contribution in [0, 0.1) is 0 Å². The van der Waals surface area contributed by atoms with E-state index in [-0.39, 0.29) is 11.3 Å². The lowest BCUT2D eigenvalue weighted by Gasteiger charge is -2.33. The molecule has 4 nitrogen and oxygen atoms in total. The van der Waals surface area contributed by atoms with Crippen LogP contribution in [-0.2, 0) is 4.79 Å². The zero-order valence-corrected chi connectivity index (χ0v) is 16.3. The molecule has 134 valence electrons. The molecule has 1 amide bonds. The molecule has 1 fully saturated rings. The highest BCUT2D eigenvalue weighted by Crippen LogP contribution is 2.38. The molecule has 0 saturated carbocycles. The van der Waals surface area contributed by atoms with Gasteiger partial charge in [0.1, 0.15) is 11.1 Å². The smallest absolute Gasteiger partial charge is 0.233 e. The average Bonchev–Trinajstić information content (AvgIpc) is 2.89. The molecule has 1 aromatic rings. The lowest BCUT2D eigenvalue weighted by Crippen LogP contribution is -2.43. The Bertz CT molecular complexity index is 523. The highest BCUT2D eigenvalue weighted by Gasteiger charge is 2.33. The minimum absolute atomic E-state index is 0.120. The van der Waals surface area contributed by atoms with Crippen LogP contribution in [-0.4, -0.2) is 53.2 Å². The van der Waals surface area contributed by atoms with Crippen molar-refractivity contribution >= 4 is 17.7 Å². The normalized spacial score (nSPS) is 18.2. The van der Waals surface area contributed by atoms with Crippen molar-refractivity contribution in [2.24, 2.45) is 0 Å². The first-order chi connectivity index (χ1) is 11.4. The predicted octanol–water partition coefficient (Wildman–Crippen LogP) is 3.78.